The van der Waals surface area contributed by atoms with Crippen LogP contribution in [0.2, 0.25) is 0 Å². The minimum Gasteiger partial charge on any atom is -0.373 e. The van der Waals surface area contributed by atoms with Crippen LogP contribution in [0.3, 0.4) is 0 Å². The van der Waals surface area contributed by atoms with E-state index in [-0.39, 0.29) is 18.5 Å². The Morgan fingerprint density at radius 2 is 2.20 bits per heavy atom. The first-order valence-electron chi connectivity index (χ1n) is 4.93. The van der Waals surface area contributed by atoms with E-state index in [9.17, 15) is 0 Å². The molecule has 1 saturated heterocycles. The molecule has 0 aromatic carbocycles. The lowest BCUT2D eigenvalue weighted by Crippen LogP contribution is -2.25. The molecule has 1 aliphatic heterocycles. The fourth-order valence-electron chi connectivity index (χ4n) is 1.19. The third kappa shape index (κ3) is 4.70. The first kappa shape index (κ1) is 13.3. The SMILES string of the molecule is CC=CC1OCC(COC(CCl)CCl)O1. The molecule has 2 atom stereocenters. The van der Waals surface area contributed by atoms with Crippen LogP contribution in [0.5, 0.6) is 0 Å². The Morgan fingerprint density at radius 3 is 2.80 bits per heavy atom. The molecule has 2 unspecified atom stereocenters. The molecular formula is C10H16Cl2O3. The van der Waals surface area contributed by atoms with Gasteiger partial charge in [0.2, 0.25) is 0 Å². The lowest BCUT2D eigenvalue weighted by atomic mass is 10.4. The highest BCUT2D eigenvalue weighted by Gasteiger charge is 2.24. The number of ether oxygens (including phenoxy) is 3. The van der Waals surface area contributed by atoms with Crippen LogP contribution in [0.15, 0.2) is 12.2 Å². The van der Waals surface area contributed by atoms with Gasteiger partial charge in [-0.2, -0.15) is 0 Å². The van der Waals surface area contributed by atoms with E-state index in [1.807, 2.05) is 19.1 Å². The highest BCUT2D eigenvalue weighted by atomic mass is 35.5. The van der Waals surface area contributed by atoms with Gasteiger partial charge < -0.3 is 14.2 Å². The third-order valence-corrected chi connectivity index (χ3v) is 2.67. The predicted molar refractivity (Wildman–Crippen MR) is 60.6 cm³/mol. The molecule has 0 N–H and O–H groups in total. The van der Waals surface area contributed by atoms with Gasteiger partial charge in [0.15, 0.2) is 6.29 Å². The van der Waals surface area contributed by atoms with Crippen LogP contribution >= 0.6 is 23.2 Å². The van der Waals surface area contributed by atoms with Crippen molar-refractivity contribution in [1.82, 2.24) is 0 Å². The minimum absolute atomic E-state index is 0.0277. The second kappa shape index (κ2) is 7.47. The zero-order valence-electron chi connectivity index (χ0n) is 8.70. The van der Waals surface area contributed by atoms with Crippen molar-refractivity contribution in [2.24, 2.45) is 0 Å². The lowest BCUT2D eigenvalue weighted by Gasteiger charge is -2.14. The number of hydrogen-bond donors (Lipinski definition) is 0. The van der Waals surface area contributed by atoms with Gasteiger partial charge in [0.1, 0.15) is 6.10 Å². The molecule has 0 spiro atoms. The van der Waals surface area contributed by atoms with Crippen molar-refractivity contribution in [1.29, 1.82) is 0 Å². The first-order chi connectivity index (χ1) is 7.30. The summed E-state index contributed by atoms with van der Waals surface area (Å²) in [5.41, 5.74) is 0. The van der Waals surface area contributed by atoms with E-state index in [1.165, 1.54) is 0 Å². The van der Waals surface area contributed by atoms with Crippen molar-refractivity contribution >= 4 is 23.2 Å². The van der Waals surface area contributed by atoms with E-state index in [4.69, 9.17) is 37.4 Å². The van der Waals surface area contributed by atoms with Crippen LogP contribution in [0.25, 0.3) is 0 Å². The second-order valence-corrected chi connectivity index (χ2v) is 3.87. The number of alkyl halides is 2. The van der Waals surface area contributed by atoms with Crippen LogP contribution < -0.4 is 0 Å². The summed E-state index contributed by atoms with van der Waals surface area (Å²) < 4.78 is 16.3. The average Bonchev–Trinajstić information content (AvgIpc) is 2.68. The number of rotatable bonds is 6. The lowest BCUT2D eigenvalue weighted by molar-refractivity contribution is -0.0476. The molecule has 5 heteroatoms. The van der Waals surface area contributed by atoms with Crippen molar-refractivity contribution in [2.75, 3.05) is 25.0 Å². The highest BCUT2D eigenvalue weighted by Crippen LogP contribution is 2.14. The maximum Gasteiger partial charge on any atom is 0.177 e. The Labute approximate surface area is 100 Å². The molecule has 0 amide bonds. The topological polar surface area (TPSA) is 27.7 Å². The molecule has 1 aliphatic rings. The van der Waals surface area contributed by atoms with Gasteiger partial charge in [0, 0.05) is 11.8 Å². The summed E-state index contributed by atoms with van der Waals surface area (Å²) in [7, 11) is 0. The van der Waals surface area contributed by atoms with Crippen molar-refractivity contribution in [3.05, 3.63) is 12.2 Å². The van der Waals surface area contributed by atoms with Crippen molar-refractivity contribution in [2.45, 2.75) is 25.4 Å². The van der Waals surface area contributed by atoms with Gasteiger partial charge >= 0.3 is 0 Å². The molecular weight excluding hydrogens is 239 g/mol. The zero-order chi connectivity index (χ0) is 11.1. The molecule has 88 valence electrons. The van der Waals surface area contributed by atoms with Crippen LogP contribution in [0.1, 0.15) is 6.92 Å². The molecule has 1 fully saturated rings. The maximum absolute atomic E-state index is 5.64. The number of hydrogen-bond acceptors (Lipinski definition) is 3. The van der Waals surface area contributed by atoms with Crippen molar-refractivity contribution in [3.8, 4) is 0 Å². The van der Waals surface area contributed by atoms with Gasteiger partial charge in [-0.15, -0.1) is 23.2 Å². The van der Waals surface area contributed by atoms with Gasteiger partial charge in [-0.3, -0.25) is 0 Å². The van der Waals surface area contributed by atoms with Crippen molar-refractivity contribution < 1.29 is 14.2 Å². The van der Waals surface area contributed by atoms with E-state index >= 15 is 0 Å². The summed E-state index contributed by atoms with van der Waals surface area (Å²) >= 11 is 11.3. The summed E-state index contributed by atoms with van der Waals surface area (Å²) in [5.74, 6) is 0.796. The molecule has 1 rings (SSSR count). The Bertz CT molecular complexity index is 195. The Morgan fingerprint density at radius 1 is 1.47 bits per heavy atom. The normalized spacial score (nSPS) is 26.9. The van der Waals surface area contributed by atoms with Gasteiger partial charge in [-0.1, -0.05) is 6.08 Å². The largest absolute Gasteiger partial charge is 0.373 e. The van der Waals surface area contributed by atoms with Gasteiger partial charge in [-0.25, -0.2) is 0 Å². The Kier molecular flexibility index (Phi) is 6.61. The van der Waals surface area contributed by atoms with E-state index in [0.29, 0.717) is 25.0 Å². The highest BCUT2D eigenvalue weighted by molar-refractivity contribution is 6.21. The summed E-state index contributed by atoms with van der Waals surface area (Å²) in [6.07, 6.45) is 3.38. The van der Waals surface area contributed by atoms with Crippen molar-refractivity contribution in [3.63, 3.8) is 0 Å². The monoisotopic (exact) mass is 254 g/mol. The summed E-state index contributed by atoms with van der Waals surface area (Å²) in [6.45, 7) is 2.94. The Balaban J connectivity index is 2.18. The molecule has 0 aromatic heterocycles. The smallest absolute Gasteiger partial charge is 0.177 e. The minimum atomic E-state index is -0.242. The second-order valence-electron chi connectivity index (χ2n) is 3.25. The number of halogens is 2. The van der Waals surface area contributed by atoms with Gasteiger partial charge in [0.05, 0.1) is 19.3 Å². The first-order valence-corrected chi connectivity index (χ1v) is 6.00. The maximum atomic E-state index is 5.64. The molecule has 1 heterocycles. The average molecular weight is 255 g/mol. The molecule has 0 radical (unpaired) electrons. The molecule has 3 nitrogen and oxygen atoms in total. The van der Waals surface area contributed by atoms with Crippen LogP contribution in [0, 0.1) is 0 Å². The zero-order valence-corrected chi connectivity index (χ0v) is 10.2. The van der Waals surface area contributed by atoms with Gasteiger partial charge in [0.25, 0.3) is 0 Å². The van der Waals surface area contributed by atoms with E-state index in [0.717, 1.165) is 0 Å². The van der Waals surface area contributed by atoms with Crippen LogP contribution in [-0.2, 0) is 14.2 Å². The third-order valence-electron chi connectivity index (χ3n) is 1.98. The Hall–Kier alpha value is 0.200. The summed E-state index contributed by atoms with van der Waals surface area (Å²) in [6, 6.07) is 0. The van der Waals surface area contributed by atoms with Gasteiger partial charge in [-0.05, 0) is 13.0 Å². The van der Waals surface area contributed by atoms with E-state index in [1.54, 1.807) is 0 Å². The summed E-state index contributed by atoms with van der Waals surface area (Å²) in [5, 5.41) is 0. The summed E-state index contributed by atoms with van der Waals surface area (Å²) in [4.78, 5) is 0. The number of allylic oxidation sites excluding steroid dienone is 1. The molecule has 0 saturated carbocycles. The standard InChI is InChI=1S/C10H16Cl2O3/c1-2-3-10-14-7-9(15-10)6-13-8(4-11)5-12/h2-3,8-10H,4-7H2,1H3. The molecule has 0 aromatic rings. The van der Waals surface area contributed by atoms with Crippen LogP contribution in [0.4, 0.5) is 0 Å². The molecule has 0 bridgehead atoms. The molecule has 15 heavy (non-hydrogen) atoms. The fraction of sp³-hybridized carbons (Fsp3) is 0.800. The quantitative estimate of drug-likeness (QED) is 0.537. The predicted octanol–water partition coefficient (Wildman–Crippen LogP) is 2.17. The van der Waals surface area contributed by atoms with E-state index < -0.39 is 0 Å². The molecule has 0 aliphatic carbocycles. The van der Waals surface area contributed by atoms with Crippen LogP contribution in [-0.4, -0.2) is 43.5 Å². The van der Waals surface area contributed by atoms with E-state index in [2.05, 4.69) is 0 Å². The fourth-order valence-corrected chi connectivity index (χ4v) is 1.70.